The van der Waals surface area contributed by atoms with Crippen LogP contribution in [0.4, 0.5) is 10.5 Å². The van der Waals surface area contributed by atoms with Crippen LogP contribution >= 0.6 is 0 Å². The molecule has 0 aliphatic carbocycles. The van der Waals surface area contributed by atoms with Crippen molar-refractivity contribution in [3.8, 4) is 11.5 Å². The monoisotopic (exact) mass is 533 g/mol. The molecule has 0 saturated carbocycles. The van der Waals surface area contributed by atoms with E-state index < -0.39 is 0 Å². The van der Waals surface area contributed by atoms with E-state index in [1.165, 1.54) is 7.11 Å². The second kappa shape index (κ2) is 13.6. The fourth-order valence-electron chi connectivity index (χ4n) is 4.39. The molecule has 4 rings (SSSR count). The number of carbonyl (C=O) groups is 2. The van der Waals surface area contributed by atoms with Gasteiger partial charge in [-0.1, -0.05) is 24.3 Å². The van der Waals surface area contributed by atoms with E-state index in [1.807, 2.05) is 65.6 Å². The Morgan fingerprint density at radius 2 is 1.54 bits per heavy atom. The number of hydrogen-bond acceptors (Lipinski definition) is 7. The highest BCUT2D eigenvalue weighted by molar-refractivity contribution is 5.89. The smallest absolute Gasteiger partial charge is 0.337 e. The van der Waals surface area contributed by atoms with Crippen molar-refractivity contribution in [3.63, 3.8) is 0 Å². The normalized spacial score (nSPS) is 14.4. The highest BCUT2D eigenvalue weighted by Crippen LogP contribution is 2.25. The van der Waals surface area contributed by atoms with E-state index in [0.717, 1.165) is 41.4 Å². The number of nitrogens with zero attached hydrogens (tertiary/aromatic N) is 2. The van der Waals surface area contributed by atoms with Gasteiger partial charge in [-0.25, -0.2) is 9.59 Å². The number of nitrogens with one attached hydrogen (secondary N) is 1. The second-order valence-electron chi connectivity index (χ2n) is 9.21. The van der Waals surface area contributed by atoms with Crippen molar-refractivity contribution < 1.29 is 28.5 Å². The first kappa shape index (κ1) is 27.9. The van der Waals surface area contributed by atoms with Crippen LogP contribution in [0.25, 0.3) is 0 Å². The van der Waals surface area contributed by atoms with E-state index in [2.05, 4.69) is 10.2 Å². The zero-order valence-corrected chi connectivity index (χ0v) is 22.6. The summed E-state index contributed by atoms with van der Waals surface area (Å²) >= 11 is 0. The summed E-state index contributed by atoms with van der Waals surface area (Å²) in [4.78, 5) is 28.7. The summed E-state index contributed by atoms with van der Waals surface area (Å²) in [6.45, 7) is 3.74. The number of piperazine rings is 1. The van der Waals surface area contributed by atoms with Crippen molar-refractivity contribution in [1.29, 1.82) is 0 Å². The summed E-state index contributed by atoms with van der Waals surface area (Å²) in [7, 11) is 4.62. The Balaban J connectivity index is 1.36. The fraction of sp³-hybridized carbons (Fsp3) is 0.333. The van der Waals surface area contributed by atoms with Gasteiger partial charge >= 0.3 is 12.0 Å². The lowest BCUT2D eigenvalue weighted by Crippen LogP contribution is -2.50. The van der Waals surface area contributed by atoms with Crippen molar-refractivity contribution in [2.24, 2.45) is 0 Å². The summed E-state index contributed by atoms with van der Waals surface area (Å²) in [5, 5.41) is 2.96. The average Bonchev–Trinajstić information content (AvgIpc) is 2.99. The van der Waals surface area contributed by atoms with Crippen molar-refractivity contribution >= 4 is 17.7 Å². The first-order valence-electron chi connectivity index (χ1n) is 12.8. The van der Waals surface area contributed by atoms with Crippen molar-refractivity contribution in [1.82, 2.24) is 9.80 Å². The second-order valence-corrected chi connectivity index (χ2v) is 9.21. The Kier molecular flexibility index (Phi) is 9.77. The molecule has 1 N–H and O–H groups in total. The number of benzene rings is 3. The number of rotatable bonds is 10. The lowest BCUT2D eigenvalue weighted by atomic mass is 10.1. The Bertz CT molecular complexity index is 1220. The molecule has 9 nitrogen and oxygen atoms in total. The summed E-state index contributed by atoms with van der Waals surface area (Å²) in [6, 6.07) is 22.3. The molecule has 39 heavy (non-hydrogen) atoms. The molecule has 1 fully saturated rings. The van der Waals surface area contributed by atoms with Gasteiger partial charge in [0.25, 0.3) is 0 Å². The molecular formula is C30H35N3O6. The quantitative estimate of drug-likeness (QED) is 0.381. The molecule has 0 radical (unpaired) electrons. The van der Waals surface area contributed by atoms with Gasteiger partial charge in [-0.3, -0.25) is 4.90 Å². The van der Waals surface area contributed by atoms with Crippen molar-refractivity contribution in [2.45, 2.75) is 12.7 Å². The van der Waals surface area contributed by atoms with E-state index in [9.17, 15) is 9.59 Å². The van der Waals surface area contributed by atoms with E-state index in [1.54, 1.807) is 26.4 Å². The highest BCUT2D eigenvalue weighted by Gasteiger charge is 2.24. The average molecular weight is 534 g/mol. The van der Waals surface area contributed by atoms with Gasteiger partial charge in [-0.05, 0) is 59.7 Å². The third-order valence-corrected chi connectivity index (χ3v) is 6.72. The number of amides is 2. The minimum absolute atomic E-state index is 0.115. The number of hydrogen-bond donors (Lipinski definition) is 1. The summed E-state index contributed by atoms with van der Waals surface area (Å²) < 4.78 is 21.8. The number of ether oxygens (including phenoxy) is 4. The molecule has 206 valence electrons. The topological polar surface area (TPSA) is 89.6 Å². The molecule has 3 aromatic carbocycles. The molecule has 1 aliphatic rings. The number of esters is 1. The zero-order chi connectivity index (χ0) is 27.6. The largest absolute Gasteiger partial charge is 0.497 e. The Labute approximate surface area is 229 Å². The zero-order valence-electron chi connectivity index (χ0n) is 22.6. The number of anilines is 1. The van der Waals surface area contributed by atoms with Crippen LogP contribution in [0.5, 0.6) is 11.5 Å². The van der Waals surface area contributed by atoms with E-state index in [-0.39, 0.29) is 18.1 Å². The molecule has 3 aromatic rings. The molecule has 0 bridgehead atoms. The van der Waals surface area contributed by atoms with Crippen LogP contribution in [0.3, 0.4) is 0 Å². The Morgan fingerprint density at radius 3 is 2.18 bits per heavy atom. The Hall–Kier alpha value is -4.08. The van der Waals surface area contributed by atoms with Gasteiger partial charge in [0.05, 0.1) is 39.6 Å². The first-order chi connectivity index (χ1) is 19.0. The van der Waals surface area contributed by atoms with Gasteiger partial charge < -0.3 is 29.2 Å². The first-order valence-corrected chi connectivity index (χ1v) is 12.8. The highest BCUT2D eigenvalue weighted by atomic mass is 16.5. The van der Waals surface area contributed by atoms with Gasteiger partial charge in [-0.2, -0.15) is 0 Å². The van der Waals surface area contributed by atoms with E-state index in [4.69, 9.17) is 18.9 Å². The van der Waals surface area contributed by atoms with Crippen molar-refractivity contribution in [3.05, 3.63) is 89.5 Å². The van der Waals surface area contributed by atoms with Crippen LogP contribution < -0.4 is 14.8 Å². The van der Waals surface area contributed by atoms with E-state index >= 15 is 0 Å². The minimum Gasteiger partial charge on any atom is -0.497 e. The van der Waals surface area contributed by atoms with Crippen LogP contribution in [0.2, 0.25) is 0 Å². The lowest BCUT2D eigenvalue weighted by Gasteiger charge is -2.36. The predicted octanol–water partition coefficient (Wildman–Crippen LogP) is 4.60. The van der Waals surface area contributed by atoms with Gasteiger partial charge in [0, 0.05) is 38.4 Å². The SMILES string of the molecule is COC(=O)c1ccc(COC(CN2CCN(C(=O)Nc3ccc(OC)cc3)CC2)c2cccc(OC)c2)cc1. The van der Waals surface area contributed by atoms with Gasteiger partial charge in [0.15, 0.2) is 0 Å². The molecule has 0 spiro atoms. The number of urea groups is 1. The maximum absolute atomic E-state index is 12.8. The third kappa shape index (κ3) is 7.72. The summed E-state index contributed by atoms with van der Waals surface area (Å²) in [5.41, 5.74) is 3.20. The molecule has 1 heterocycles. The maximum Gasteiger partial charge on any atom is 0.337 e. The maximum atomic E-state index is 12.8. The van der Waals surface area contributed by atoms with E-state index in [0.29, 0.717) is 31.8 Å². The van der Waals surface area contributed by atoms with Crippen LogP contribution in [-0.4, -0.2) is 75.9 Å². The number of carbonyl (C=O) groups excluding carboxylic acids is 2. The standard InChI is InChI=1S/C30H35N3O6/c1-36-26-13-11-25(12-14-26)31-30(35)33-17-15-32(16-18-33)20-28(24-5-4-6-27(19-24)37-2)39-21-22-7-9-23(10-8-22)29(34)38-3/h4-14,19,28H,15-18,20-21H2,1-3H3,(H,31,35). The third-order valence-electron chi connectivity index (χ3n) is 6.72. The van der Waals surface area contributed by atoms with Crippen molar-refractivity contribution in [2.75, 3.05) is 59.4 Å². The summed E-state index contributed by atoms with van der Waals surface area (Å²) in [6.07, 6.45) is -0.208. The van der Waals surface area contributed by atoms with Gasteiger partial charge in [0.1, 0.15) is 11.5 Å². The molecule has 1 atom stereocenters. The van der Waals surface area contributed by atoms with Gasteiger partial charge in [0.2, 0.25) is 0 Å². The van der Waals surface area contributed by atoms with Crippen LogP contribution in [0.1, 0.15) is 27.6 Å². The molecule has 2 amide bonds. The van der Waals surface area contributed by atoms with Crippen LogP contribution in [-0.2, 0) is 16.1 Å². The molecule has 1 unspecified atom stereocenters. The number of methoxy groups -OCH3 is 3. The fourth-order valence-corrected chi connectivity index (χ4v) is 4.39. The molecule has 9 heteroatoms. The predicted molar refractivity (Wildman–Crippen MR) is 148 cm³/mol. The van der Waals surface area contributed by atoms with Gasteiger partial charge in [-0.15, -0.1) is 0 Å². The molecular weight excluding hydrogens is 498 g/mol. The minimum atomic E-state index is -0.367. The van der Waals surface area contributed by atoms with Crippen LogP contribution in [0.15, 0.2) is 72.8 Å². The summed E-state index contributed by atoms with van der Waals surface area (Å²) in [5.74, 6) is 1.14. The molecule has 1 aliphatic heterocycles. The lowest BCUT2D eigenvalue weighted by molar-refractivity contribution is 0.00582. The molecule has 0 aromatic heterocycles. The van der Waals surface area contributed by atoms with Crippen LogP contribution in [0, 0.1) is 0 Å². The Morgan fingerprint density at radius 1 is 0.846 bits per heavy atom. The molecule has 1 saturated heterocycles.